The van der Waals surface area contributed by atoms with Gasteiger partial charge in [-0.1, -0.05) is 166 Å². The van der Waals surface area contributed by atoms with Crippen LogP contribution >= 0.6 is 22.7 Å². The lowest BCUT2D eigenvalue weighted by atomic mass is 9.90. The molecule has 0 fully saturated rings. The quantitative estimate of drug-likeness (QED) is 0.0892. The molecule has 1 atom stereocenters. The predicted octanol–water partition coefficient (Wildman–Crippen LogP) is 18.4. The Bertz CT molecular complexity index is 4220. The fraction of sp³-hybridized carbons (Fsp3) is 0.0645. The first-order valence-corrected chi connectivity index (χ1v) is 24.6. The van der Waals surface area contributed by atoms with Gasteiger partial charge in [-0.05, 0) is 98.2 Å². The van der Waals surface area contributed by atoms with Crippen LogP contribution in [0.4, 0.5) is 0 Å². The van der Waals surface area contributed by atoms with Gasteiger partial charge < -0.3 is 4.42 Å². The molecule has 0 radical (unpaired) electrons. The van der Waals surface area contributed by atoms with Gasteiger partial charge in [-0.15, -0.1) is 22.7 Å². The van der Waals surface area contributed by atoms with Crippen LogP contribution in [-0.2, 0) is 0 Å². The zero-order valence-electron chi connectivity index (χ0n) is 37.0. The Balaban J connectivity index is 0.996. The number of benzene rings is 10. The molecule has 13 rings (SSSR count). The monoisotopic (exact) mass is 894 g/mol. The molecule has 0 aliphatic heterocycles. The lowest BCUT2D eigenvalue weighted by Crippen LogP contribution is -2.15. The van der Waals surface area contributed by atoms with Gasteiger partial charge >= 0.3 is 0 Å². The second-order valence-corrected chi connectivity index (χ2v) is 19.7. The topological polar surface area (TPSA) is 37.9 Å². The molecule has 0 saturated carbocycles. The van der Waals surface area contributed by atoms with Crippen molar-refractivity contribution in [3.8, 4) is 11.1 Å². The first-order chi connectivity index (χ1) is 33.0. The van der Waals surface area contributed by atoms with Crippen molar-refractivity contribution >= 4 is 135 Å². The number of aliphatic imine (C=N–C) groups is 2. The second-order valence-electron chi connectivity index (χ2n) is 17.6. The molecular weight excluding hydrogens is 853 g/mol. The summed E-state index contributed by atoms with van der Waals surface area (Å²) in [7, 11) is 0. The third kappa shape index (κ3) is 6.37. The van der Waals surface area contributed by atoms with Gasteiger partial charge in [-0.3, -0.25) is 0 Å². The van der Waals surface area contributed by atoms with Gasteiger partial charge in [-0.2, -0.15) is 0 Å². The fourth-order valence-corrected chi connectivity index (χ4v) is 12.7. The highest BCUT2D eigenvalue weighted by molar-refractivity contribution is 7.26. The number of hydrogen-bond acceptors (Lipinski definition) is 4. The van der Waals surface area contributed by atoms with E-state index >= 15 is 0 Å². The normalized spacial score (nSPS) is 13.2. The number of nitrogens with zero attached hydrogens (tertiary/aromatic N) is 2. The maximum absolute atomic E-state index is 6.45. The number of amidine groups is 1. The number of hydrogen-bond donors (Lipinski definition) is 0. The highest BCUT2D eigenvalue weighted by Gasteiger charge is 2.21. The summed E-state index contributed by atoms with van der Waals surface area (Å²) < 4.78 is 11.6. The summed E-state index contributed by atoms with van der Waals surface area (Å²) in [5.41, 5.74) is 8.74. The van der Waals surface area contributed by atoms with Crippen molar-refractivity contribution in [1.29, 1.82) is 0 Å². The van der Waals surface area contributed by atoms with Gasteiger partial charge in [0.25, 0.3) is 0 Å². The molecule has 0 spiro atoms. The minimum absolute atomic E-state index is 0.128. The van der Waals surface area contributed by atoms with E-state index in [4.69, 9.17) is 14.4 Å². The van der Waals surface area contributed by atoms with Crippen LogP contribution in [0.1, 0.15) is 37.0 Å². The Labute approximate surface area is 395 Å². The van der Waals surface area contributed by atoms with Crippen molar-refractivity contribution in [1.82, 2.24) is 0 Å². The summed E-state index contributed by atoms with van der Waals surface area (Å²) in [6.07, 6.45) is 0.906. The third-order valence-corrected chi connectivity index (χ3v) is 16.1. The number of para-hydroxylation sites is 1. The van der Waals surface area contributed by atoms with Crippen LogP contribution in [0.5, 0.6) is 0 Å². The van der Waals surface area contributed by atoms with Gasteiger partial charge in [0, 0.05) is 67.8 Å². The molecule has 0 aliphatic rings. The molecule has 0 N–H and O–H groups in total. The first kappa shape index (κ1) is 39.6. The number of thiophene rings is 2. The molecule has 67 heavy (non-hydrogen) atoms. The van der Waals surface area contributed by atoms with E-state index in [1.807, 2.05) is 46.9 Å². The lowest BCUT2D eigenvalue weighted by molar-refractivity contribution is 0.669. The molecule has 3 aromatic heterocycles. The molecule has 0 saturated heterocycles. The summed E-state index contributed by atoms with van der Waals surface area (Å²) in [6.45, 7) is 9.19. The van der Waals surface area contributed by atoms with E-state index in [1.54, 1.807) is 0 Å². The third-order valence-electron chi connectivity index (χ3n) is 13.8. The van der Waals surface area contributed by atoms with E-state index in [0.717, 1.165) is 50.8 Å². The summed E-state index contributed by atoms with van der Waals surface area (Å²) in [5, 5.41) is 14.5. The highest BCUT2D eigenvalue weighted by Crippen LogP contribution is 2.46. The van der Waals surface area contributed by atoms with E-state index in [9.17, 15) is 0 Å². The maximum Gasteiger partial charge on any atom is 0.160 e. The van der Waals surface area contributed by atoms with Gasteiger partial charge in [0.1, 0.15) is 11.2 Å². The van der Waals surface area contributed by atoms with Crippen molar-refractivity contribution in [2.24, 2.45) is 15.9 Å². The second kappa shape index (κ2) is 15.7. The highest BCUT2D eigenvalue weighted by atomic mass is 32.1. The van der Waals surface area contributed by atoms with Crippen LogP contribution in [0.3, 0.4) is 0 Å². The molecule has 5 heteroatoms. The lowest BCUT2D eigenvalue weighted by Gasteiger charge is -2.17. The fourth-order valence-electron chi connectivity index (χ4n) is 10.3. The van der Waals surface area contributed by atoms with Crippen molar-refractivity contribution < 1.29 is 4.42 Å². The van der Waals surface area contributed by atoms with E-state index in [0.29, 0.717) is 11.5 Å². The Morgan fingerprint density at radius 3 is 1.85 bits per heavy atom. The zero-order valence-corrected chi connectivity index (χ0v) is 38.6. The van der Waals surface area contributed by atoms with Crippen LogP contribution in [-0.4, -0.2) is 11.5 Å². The Morgan fingerprint density at radius 1 is 0.478 bits per heavy atom. The van der Waals surface area contributed by atoms with Crippen LogP contribution in [0, 0.1) is 5.92 Å². The molecular formula is C62H42N2OS2. The smallest absolute Gasteiger partial charge is 0.160 e. The van der Waals surface area contributed by atoms with Crippen LogP contribution in [0.15, 0.2) is 209 Å². The standard InChI is InChI=1S/C62H42N2OS2/c1-4-36(2)60(39-30-32-44-42-18-6-5-16-40(42)41-17-7-8-19-43(41)51(44)35-39)64-62(50-25-14-27-54-58(50)48-20-9-11-26-53(48)65-54)63-37(3)38-31-33-56-52(34-38)47-24-13-23-46(61(47)67-56)45-22-15-29-57-59(45)49-21-10-12-28-55(49)66-57/h5-36H,3-4H2,1-2H3/b63-62-,64-60+. The van der Waals surface area contributed by atoms with Gasteiger partial charge in [-0.25, -0.2) is 9.98 Å². The molecule has 3 heterocycles. The van der Waals surface area contributed by atoms with Gasteiger partial charge in [0.05, 0.1) is 11.4 Å². The Kier molecular flexibility index (Phi) is 9.31. The number of fused-ring (bicyclic) bond motifs is 15. The van der Waals surface area contributed by atoms with Crippen molar-refractivity contribution in [3.05, 3.63) is 211 Å². The molecule has 318 valence electrons. The first-order valence-electron chi connectivity index (χ1n) is 23.0. The average Bonchev–Trinajstić information content (AvgIpc) is 4.08. The minimum atomic E-state index is 0.128. The van der Waals surface area contributed by atoms with Gasteiger partial charge in [0.2, 0.25) is 0 Å². The Hall–Kier alpha value is -7.70. The molecule has 0 amide bonds. The molecule has 10 aromatic carbocycles. The van der Waals surface area contributed by atoms with Crippen LogP contribution in [0.25, 0.3) is 111 Å². The predicted molar refractivity (Wildman–Crippen MR) is 292 cm³/mol. The summed E-state index contributed by atoms with van der Waals surface area (Å²) in [5.74, 6) is 0.734. The van der Waals surface area contributed by atoms with Crippen LogP contribution in [0.2, 0.25) is 0 Å². The van der Waals surface area contributed by atoms with Crippen molar-refractivity contribution in [2.75, 3.05) is 0 Å². The van der Waals surface area contributed by atoms with Crippen molar-refractivity contribution in [2.45, 2.75) is 20.3 Å². The Morgan fingerprint density at radius 2 is 1.06 bits per heavy atom. The van der Waals surface area contributed by atoms with Crippen LogP contribution < -0.4 is 0 Å². The number of furan rings is 1. The molecule has 1 unspecified atom stereocenters. The average molecular weight is 895 g/mol. The summed E-state index contributed by atoms with van der Waals surface area (Å²) >= 11 is 3.72. The molecule has 0 bridgehead atoms. The molecule has 13 aromatic rings. The molecule has 3 nitrogen and oxygen atoms in total. The van der Waals surface area contributed by atoms with E-state index < -0.39 is 0 Å². The molecule has 0 aliphatic carbocycles. The SMILES string of the molecule is C=C(/N=C(\N=C(\c1ccc2c3ccccc3c3ccccc3c2c1)C(C)CC)c1cccc2oc3ccccc3c12)c1ccc2sc3c(-c4cccc5sc6ccccc6c45)cccc3c2c1. The van der Waals surface area contributed by atoms with Gasteiger partial charge in [0.15, 0.2) is 5.84 Å². The zero-order chi connectivity index (χ0) is 44.8. The number of rotatable bonds is 7. The summed E-state index contributed by atoms with van der Waals surface area (Å²) in [6, 6.07) is 67.7. The van der Waals surface area contributed by atoms with E-state index in [-0.39, 0.29) is 5.92 Å². The maximum atomic E-state index is 6.45. The largest absolute Gasteiger partial charge is 0.456 e. The summed E-state index contributed by atoms with van der Waals surface area (Å²) in [4.78, 5) is 11.2. The minimum Gasteiger partial charge on any atom is -0.456 e. The van der Waals surface area contributed by atoms with E-state index in [1.165, 1.54) is 83.8 Å². The van der Waals surface area contributed by atoms with Crippen molar-refractivity contribution in [3.63, 3.8) is 0 Å². The van der Waals surface area contributed by atoms with E-state index in [2.05, 4.69) is 184 Å².